The first kappa shape index (κ1) is 9.98. The van der Waals surface area contributed by atoms with E-state index in [4.69, 9.17) is 17.3 Å². The van der Waals surface area contributed by atoms with Gasteiger partial charge in [0.25, 0.3) is 0 Å². The lowest BCUT2D eigenvalue weighted by Crippen LogP contribution is -2.03. The number of rotatable bonds is 2. The molecular formula is C10H11ClN4. The third-order valence-electron chi connectivity index (χ3n) is 2.19. The Morgan fingerprint density at radius 1 is 1.53 bits per heavy atom. The molecule has 0 atom stereocenters. The van der Waals surface area contributed by atoms with Gasteiger partial charge in [0.1, 0.15) is 5.02 Å². The van der Waals surface area contributed by atoms with Gasteiger partial charge in [0.05, 0.1) is 6.54 Å². The number of nitrogen functional groups attached to an aromatic ring is 1. The summed E-state index contributed by atoms with van der Waals surface area (Å²) >= 11 is 5.81. The van der Waals surface area contributed by atoms with E-state index < -0.39 is 0 Å². The SMILES string of the molecule is Cc1ncccc1Cn1cc(Cl)c(N)n1. The normalized spacial score (nSPS) is 10.5. The van der Waals surface area contributed by atoms with Gasteiger partial charge in [0, 0.05) is 18.1 Å². The largest absolute Gasteiger partial charge is 0.381 e. The Hall–Kier alpha value is -1.55. The molecule has 0 spiro atoms. The Morgan fingerprint density at radius 2 is 2.33 bits per heavy atom. The van der Waals surface area contributed by atoms with Crippen LogP contribution in [0.3, 0.4) is 0 Å². The predicted molar refractivity (Wildman–Crippen MR) is 59.7 cm³/mol. The summed E-state index contributed by atoms with van der Waals surface area (Å²) in [6.45, 7) is 2.60. The molecule has 0 amide bonds. The molecule has 2 aromatic heterocycles. The van der Waals surface area contributed by atoms with Crippen LogP contribution in [0.2, 0.25) is 5.02 Å². The van der Waals surface area contributed by atoms with Crippen LogP contribution in [-0.4, -0.2) is 14.8 Å². The maximum atomic E-state index is 5.81. The molecule has 2 heterocycles. The van der Waals surface area contributed by atoms with Crippen LogP contribution in [0, 0.1) is 6.92 Å². The van der Waals surface area contributed by atoms with E-state index >= 15 is 0 Å². The fourth-order valence-electron chi connectivity index (χ4n) is 1.35. The number of aryl methyl sites for hydroxylation is 1. The second-order valence-corrected chi connectivity index (χ2v) is 3.71. The molecule has 2 rings (SSSR count). The molecule has 2 N–H and O–H groups in total. The Balaban J connectivity index is 2.26. The van der Waals surface area contributed by atoms with Crippen LogP contribution in [0.1, 0.15) is 11.3 Å². The van der Waals surface area contributed by atoms with Gasteiger partial charge in [-0.05, 0) is 18.6 Å². The summed E-state index contributed by atoms with van der Waals surface area (Å²) in [6, 6.07) is 3.91. The Labute approximate surface area is 92.7 Å². The second kappa shape index (κ2) is 3.90. The predicted octanol–water partition coefficient (Wildman–Crippen LogP) is 1.87. The minimum Gasteiger partial charge on any atom is -0.381 e. The average Bonchev–Trinajstić information content (AvgIpc) is 2.50. The molecule has 0 radical (unpaired) electrons. The van der Waals surface area contributed by atoms with Crippen LogP contribution < -0.4 is 5.73 Å². The number of nitrogens with two attached hydrogens (primary N) is 1. The molecule has 0 aliphatic rings. The third-order valence-corrected chi connectivity index (χ3v) is 2.48. The van der Waals surface area contributed by atoms with Gasteiger partial charge in [-0.25, -0.2) is 0 Å². The van der Waals surface area contributed by atoms with Gasteiger partial charge in [-0.2, -0.15) is 5.10 Å². The zero-order valence-electron chi connectivity index (χ0n) is 8.31. The number of hydrogen-bond donors (Lipinski definition) is 1. The van der Waals surface area contributed by atoms with Gasteiger partial charge in [-0.15, -0.1) is 0 Å². The van der Waals surface area contributed by atoms with E-state index in [0.717, 1.165) is 11.3 Å². The van der Waals surface area contributed by atoms with Gasteiger partial charge in [-0.1, -0.05) is 17.7 Å². The van der Waals surface area contributed by atoms with Crippen molar-refractivity contribution in [3.8, 4) is 0 Å². The van der Waals surface area contributed by atoms with Crippen molar-refractivity contribution in [2.45, 2.75) is 13.5 Å². The van der Waals surface area contributed by atoms with Crippen molar-refractivity contribution < 1.29 is 0 Å². The van der Waals surface area contributed by atoms with E-state index in [-0.39, 0.29) is 0 Å². The van der Waals surface area contributed by atoms with E-state index in [1.165, 1.54) is 0 Å². The lowest BCUT2D eigenvalue weighted by Gasteiger charge is -2.03. The number of pyridine rings is 1. The highest BCUT2D eigenvalue weighted by Crippen LogP contribution is 2.16. The van der Waals surface area contributed by atoms with E-state index in [0.29, 0.717) is 17.4 Å². The molecule has 4 nitrogen and oxygen atoms in total. The number of aromatic nitrogens is 3. The highest BCUT2D eigenvalue weighted by atomic mass is 35.5. The number of halogens is 1. The highest BCUT2D eigenvalue weighted by molar-refractivity contribution is 6.32. The fraction of sp³-hybridized carbons (Fsp3) is 0.200. The smallest absolute Gasteiger partial charge is 0.164 e. The lowest BCUT2D eigenvalue weighted by molar-refractivity contribution is 0.684. The molecule has 0 unspecified atom stereocenters. The molecule has 0 aromatic carbocycles. The maximum Gasteiger partial charge on any atom is 0.164 e. The van der Waals surface area contributed by atoms with Crippen LogP contribution in [0.5, 0.6) is 0 Å². The van der Waals surface area contributed by atoms with Gasteiger partial charge in [0.2, 0.25) is 0 Å². The average molecular weight is 223 g/mol. The third kappa shape index (κ3) is 2.10. The quantitative estimate of drug-likeness (QED) is 0.844. The van der Waals surface area contributed by atoms with Crippen molar-refractivity contribution in [1.29, 1.82) is 0 Å². The standard InChI is InChI=1S/C10H11ClN4/c1-7-8(3-2-4-13-7)5-15-6-9(11)10(12)14-15/h2-4,6H,5H2,1H3,(H2,12,14). The molecule has 0 aliphatic carbocycles. The topological polar surface area (TPSA) is 56.7 Å². The summed E-state index contributed by atoms with van der Waals surface area (Å²) in [5.41, 5.74) is 7.65. The van der Waals surface area contributed by atoms with Crippen molar-refractivity contribution in [2.24, 2.45) is 0 Å². The van der Waals surface area contributed by atoms with E-state index in [1.807, 2.05) is 19.1 Å². The first-order valence-corrected chi connectivity index (χ1v) is 4.93. The van der Waals surface area contributed by atoms with E-state index in [9.17, 15) is 0 Å². The summed E-state index contributed by atoms with van der Waals surface area (Å²) < 4.78 is 1.71. The van der Waals surface area contributed by atoms with Gasteiger partial charge in [-0.3, -0.25) is 9.67 Å². The molecule has 0 bridgehead atoms. The van der Waals surface area contributed by atoms with Crippen molar-refractivity contribution in [1.82, 2.24) is 14.8 Å². The molecule has 0 saturated carbocycles. The van der Waals surface area contributed by atoms with Gasteiger partial charge >= 0.3 is 0 Å². The van der Waals surface area contributed by atoms with Crippen molar-refractivity contribution in [3.63, 3.8) is 0 Å². The lowest BCUT2D eigenvalue weighted by atomic mass is 10.2. The molecule has 15 heavy (non-hydrogen) atoms. The molecule has 0 fully saturated rings. The Bertz CT molecular complexity index is 459. The Morgan fingerprint density at radius 3 is 2.93 bits per heavy atom. The highest BCUT2D eigenvalue weighted by Gasteiger charge is 2.04. The summed E-state index contributed by atoms with van der Waals surface area (Å²) in [4.78, 5) is 4.20. The van der Waals surface area contributed by atoms with E-state index in [1.54, 1.807) is 17.1 Å². The number of anilines is 1. The van der Waals surface area contributed by atoms with Crippen LogP contribution >= 0.6 is 11.6 Å². The van der Waals surface area contributed by atoms with Crippen LogP contribution in [0.25, 0.3) is 0 Å². The van der Waals surface area contributed by atoms with Gasteiger partial charge < -0.3 is 5.73 Å². The summed E-state index contributed by atoms with van der Waals surface area (Å²) in [7, 11) is 0. The monoisotopic (exact) mass is 222 g/mol. The van der Waals surface area contributed by atoms with Crippen molar-refractivity contribution in [2.75, 3.05) is 5.73 Å². The molecular weight excluding hydrogens is 212 g/mol. The molecule has 5 heteroatoms. The molecule has 0 aliphatic heterocycles. The Kier molecular flexibility index (Phi) is 2.60. The molecule has 0 saturated heterocycles. The van der Waals surface area contributed by atoms with Crippen LogP contribution in [0.15, 0.2) is 24.5 Å². The first-order valence-electron chi connectivity index (χ1n) is 4.56. The molecule has 2 aromatic rings. The maximum absolute atomic E-state index is 5.81. The van der Waals surface area contributed by atoms with Crippen molar-refractivity contribution in [3.05, 3.63) is 40.8 Å². The van der Waals surface area contributed by atoms with Crippen LogP contribution in [-0.2, 0) is 6.54 Å². The fourth-order valence-corrected chi connectivity index (χ4v) is 1.50. The van der Waals surface area contributed by atoms with E-state index in [2.05, 4.69) is 10.1 Å². The number of hydrogen-bond acceptors (Lipinski definition) is 3. The second-order valence-electron chi connectivity index (χ2n) is 3.31. The number of nitrogens with zero attached hydrogens (tertiary/aromatic N) is 3. The van der Waals surface area contributed by atoms with Crippen molar-refractivity contribution >= 4 is 17.4 Å². The molecule has 78 valence electrons. The zero-order valence-corrected chi connectivity index (χ0v) is 9.07. The summed E-state index contributed by atoms with van der Waals surface area (Å²) in [5, 5.41) is 4.56. The minimum absolute atomic E-state index is 0.359. The zero-order chi connectivity index (χ0) is 10.8. The van der Waals surface area contributed by atoms with Crippen LogP contribution in [0.4, 0.5) is 5.82 Å². The first-order chi connectivity index (χ1) is 7.16. The minimum atomic E-state index is 0.359. The summed E-state index contributed by atoms with van der Waals surface area (Å²) in [5.74, 6) is 0.359. The van der Waals surface area contributed by atoms with Gasteiger partial charge in [0.15, 0.2) is 5.82 Å². The summed E-state index contributed by atoms with van der Waals surface area (Å²) in [6.07, 6.45) is 3.48.